The van der Waals surface area contributed by atoms with Gasteiger partial charge < -0.3 is 15.0 Å². The minimum Gasteiger partial charge on any atom is -0.378 e. The SMILES string of the molecule is N#Cc1c(Nc2c(F)ccc(NS(=O)(=O)c3ccccc3)c2Cl)ccc2ncc(N3CCOCC3)nc12. The Morgan fingerprint density at radius 2 is 1.78 bits per heavy atom. The molecule has 1 aromatic heterocycles. The molecule has 5 rings (SSSR count). The third-order valence-electron chi connectivity index (χ3n) is 5.80. The fourth-order valence-corrected chi connectivity index (χ4v) is 5.31. The number of nitriles is 1. The molecule has 1 aliphatic rings. The first-order chi connectivity index (χ1) is 17.9. The van der Waals surface area contributed by atoms with Gasteiger partial charge in [0.2, 0.25) is 0 Å². The van der Waals surface area contributed by atoms with Gasteiger partial charge in [0.15, 0.2) is 0 Å². The van der Waals surface area contributed by atoms with E-state index in [0.717, 1.165) is 6.07 Å². The highest BCUT2D eigenvalue weighted by molar-refractivity contribution is 7.92. The molecule has 0 aliphatic carbocycles. The molecule has 4 aromatic rings. The minimum absolute atomic E-state index is 0.0249. The van der Waals surface area contributed by atoms with Gasteiger partial charge in [0, 0.05) is 13.1 Å². The van der Waals surface area contributed by atoms with Crippen molar-refractivity contribution < 1.29 is 17.5 Å². The first-order valence-electron chi connectivity index (χ1n) is 11.2. The predicted octanol–water partition coefficient (Wildman–Crippen LogP) is 4.67. The van der Waals surface area contributed by atoms with Crippen LogP contribution in [0.2, 0.25) is 5.02 Å². The van der Waals surface area contributed by atoms with E-state index in [1.807, 2.05) is 4.90 Å². The van der Waals surface area contributed by atoms with Gasteiger partial charge in [-0.05, 0) is 36.4 Å². The van der Waals surface area contributed by atoms with Crippen LogP contribution in [0.15, 0.2) is 65.7 Å². The Morgan fingerprint density at radius 3 is 2.51 bits per heavy atom. The van der Waals surface area contributed by atoms with Crippen LogP contribution in [0.3, 0.4) is 0 Å². The fourth-order valence-electron chi connectivity index (χ4n) is 3.91. The van der Waals surface area contributed by atoms with E-state index >= 15 is 0 Å². The van der Waals surface area contributed by atoms with Crippen molar-refractivity contribution in [2.24, 2.45) is 0 Å². The number of sulfonamides is 1. The summed E-state index contributed by atoms with van der Waals surface area (Å²) in [5, 5.41) is 12.6. The molecule has 0 saturated carbocycles. The average molecular weight is 539 g/mol. The molecule has 12 heteroatoms. The second-order valence-corrected chi connectivity index (χ2v) is 10.2. The molecule has 1 fully saturated rings. The Labute approximate surface area is 217 Å². The maximum atomic E-state index is 14.9. The zero-order valence-corrected chi connectivity index (χ0v) is 20.9. The van der Waals surface area contributed by atoms with Crippen LogP contribution in [-0.4, -0.2) is 44.7 Å². The number of nitrogens with one attached hydrogen (secondary N) is 2. The number of hydrogen-bond donors (Lipinski definition) is 2. The molecule has 9 nitrogen and oxygen atoms in total. The molecule has 1 saturated heterocycles. The van der Waals surface area contributed by atoms with Crippen molar-refractivity contribution in [2.45, 2.75) is 4.90 Å². The Hall–Kier alpha value is -3.98. The molecule has 1 aliphatic heterocycles. The largest absolute Gasteiger partial charge is 0.378 e. The zero-order valence-electron chi connectivity index (χ0n) is 19.3. The van der Waals surface area contributed by atoms with Crippen molar-refractivity contribution in [3.8, 4) is 6.07 Å². The van der Waals surface area contributed by atoms with Crippen molar-refractivity contribution in [2.75, 3.05) is 41.2 Å². The van der Waals surface area contributed by atoms with Gasteiger partial charge in [0.25, 0.3) is 10.0 Å². The summed E-state index contributed by atoms with van der Waals surface area (Å²) < 4.78 is 48.2. The number of morpholine rings is 1. The van der Waals surface area contributed by atoms with E-state index in [1.165, 1.54) is 18.2 Å². The number of benzene rings is 3. The Kier molecular flexibility index (Phi) is 6.80. The van der Waals surface area contributed by atoms with Gasteiger partial charge in [0.1, 0.15) is 28.8 Å². The highest BCUT2D eigenvalue weighted by Crippen LogP contribution is 2.37. The summed E-state index contributed by atoms with van der Waals surface area (Å²) >= 11 is 6.44. The smallest absolute Gasteiger partial charge is 0.261 e. The summed E-state index contributed by atoms with van der Waals surface area (Å²) in [6.07, 6.45) is 1.64. The number of nitrogens with zero attached hydrogens (tertiary/aromatic N) is 4. The summed E-state index contributed by atoms with van der Waals surface area (Å²) in [6, 6.07) is 15.4. The first kappa shape index (κ1) is 24.7. The molecular weight excluding hydrogens is 519 g/mol. The van der Waals surface area contributed by atoms with E-state index in [4.69, 9.17) is 16.3 Å². The third kappa shape index (κ3) is 4.99. The molecule has 0 radical (unpaired) electrons. The summed E-state index contributed by atoms with van der Waals surface area (Å²) in [7, 11) is -3.96. The van der Waals surface area contributed by atoms with E-state index in [0.29, 0.717) is 43.2 Å². The molecule has 2 heterocycles. The highest BCUT2D eigenvalue weighted by atomic mass is 35.5. The van der Waals surface area contributed by atoms with Gasteiger partial charge in [-0.3, -0.25) is 9.71 Å². The van der Waals surface area contributed by atoms with E-state index in [-0.39, 0.29) is 32.5 Å². The Balaban J connectivity index is 1.51. The molecule has 0 amide bonds. The molecule has 2 N–H and O–H groups in total. The lowest BCUT2D eigenvalue weighted by atomic mass is 10.1. The molecule has 37 heavy (non-hydrogen) atoms. The number of halogens is 2. The van der Waals surface area contributed by atoms with Crippen LogP contribution in [0.4, 0.5) is 27.3 Å². The van der Waals surface area contributed by atoms with Gasteiger partial charge in [-0.15, -0.1) is 0 Å². The molecule has 0 bridgehead atoms. The molecule has 3 aromatic carbocycles. The monoisotopic (exact) mass is 538 g/mol. The molecule has 188 valence electrons. The first-order valence-corrected chi connectivity index (χ1v) is 13.1. The summed E-state index contributed by atoms with van der Waals surface area (Å²) in [5.41, 5.74) is 1.01. The predicted molar refractivity (Wildman–Crippen MR) is 139 cm³/mol. The lowest BCUT2D eigenvalue weighted by Crippen LogP contribution is -2.36. The van der Waals surface area contributed by atoms with Crippen LogP contribution in [-0.2, 0) is 14.8 Å². The van der Waals surface area contributed by atoms with Crippen LogP contribution >= 0.6 is 11.6 Å². The number of aromatic nitrogens is 2. The molecule has 0 unspecified atom stereocenters. The van der Waals surface area contributed by atoms with Crippen LogP contribution in [0.1, 0.15) is 5.56 Å². The maximum absolute atomic E-state index is 14.9. The Bertz CT molecular complexity index is 1620. The zero-order chi connectivity index (χ0) is 26.0. The highest BCUT2D eigenvalue weighted by Gasteiger charge is 2.21. The molecule has 0 spiro atoms. The third-order valence-corrected chi connectivity index (χ3v) is 7.57. The Morgan fingerprint density at radius 1 is 1.05 bits per heavy atom. The van der Waals surface area contributed by atoms with E-state index in [2.05, 4.69) is 26.1 Å². The number of ether oxygens (including phenoxy) is 1. The summed E-state index contributed by atoms with van der Waals surface area (Å²) in [6.45, 7) is 2.42. The van der Waals surface area contributed by atoms with Crippen molar-refractivity contribution in [1.29, 1.82) is 5.26 Å². The van der Waals surface area contributed by atoms with Crippen molar-refractivity contribution >= 4 is 55.5 Å². The maximum Gasteiger partial charge on any atom is 0.261 e. The quantitative estimate of drug-likeness (QED) is 0.363. The van der Waals surface area contributed by atoms with E-state index in [9.17, 15) is 18.1 Å². The number of fused-ring (bicyclic) bond motifs is 1. The second kappa shape index (κ2) is 10.2. The fraction of sp³-hybridized carbons (Fsp3) is 0.160. The number of anilines is 4. The minimum atomic E-state index is -3.96. The summed E-state index contributed by atoms with van der Waals surface area (Å²) in [4.78, 5) is 11.1. The van der Waals surface area contributed by atoms with Gasteiger partial charge in [-0.1, -0.05) is 29.8 Å². The lowest BCUT2D eigenvalue weighted by Gasteiger charge is -2.27. The van der Waals surface area contributed by atoms with Crippen LogP contribution < -0.4 is 14.9 Å². The van der Waals surface area contributed by atoms with E-state index in [1.54, 1.807) is 36.5 Å². The molecular formula is C25H20ClFN6O3S. The van der Waals surface area contributed by atoms with Crippen molar-refractivity contribution in [3.05, 3.63) is 77.2 Å². The van der Waals surface area contributed by atoms with Crippen molar-refractivity contribution in [1.82, 2.24) is 9.97 Å². The van der Waals surface area contributed by atoms with Gasteiger partial charge in [-0.2, -0.15) is 5.26 Å². The van der Waals surface area contributed by atoms with Crippen LogP contribution in [0.5, 0.6) is 0 Å². The number of hydrogen-bond acceptors (Lipinski definition) is 8. The van der Waals surface area contributed by atoms with Crippen molar-refractivity contribution in [3.63, 3.8) is 0 Å². The lowest BCUT2D eigenvalue weighted by molar-refractivity contribution is 0.122. The van der Waals surface area contributed by atoms with Gasteiger partial charge in [0.05, 0.1) is 51.9 Å². The summed E-state index contributed by atoms with van der Waals surface area (Å²) in [5.74, 6) is -0.129. The number of rotatable bonds is 6. The van der Waals surface area contributed by atoms with Gasteiger partial charge in [-0.25, -0.2) is 17.8 Å². The van der Waals surface area contributed by atoms with Gasteiger partial charge >= 0.3 is 0 Å². The second-order valence-electron chi connectivity index (χ2n) is 8.12. The topological polar surface area (TPSA) is 120 Å². The van der Waals surface area contributed by atoms with E-state index < -0.39 is 15.8 Å². The molecule has 0 atom stereocenters. The average Bonchev–Trinajstić information content (AvgIpc) is 2.93. The van der Waals surface area contributed by atoms with Crippen LogP contribution in [0, 0.1) is 17.1 Å². The normalized spacial score (nSPS) is 13.8. The van der Waals surface area contributed by atoms with Crippen LogP contribution in [0.25, 0.3) is 11.0 Å². The standard InChI is InChI=1S/C25H20ClFN6O3S/c26-23-20(32-37(34,35)16-4-2-1-3-5-16)7-6-18(27)25(23)30-19-8-9-21-24(17(19)14-28)31-22(15-29-21)33-10-12-36-13-11-33/h1-9,15,30,32H,10-13H2.